The van der Waals surface area contributed by atoms with Crippen LogP contribution in [0.2, 0.25) is 0 Å². The molecule has 2 N–H and O–H groups in total. The van der Waals surface area contributed by atoms with E-state index in [4.69, 9.17) is 14.2 Å². The highest BCUT2D eigenvalue weighted by Crippen LogP contribution is 2.55. The van der Waals surface area contributed by atoms with Gasteiger partial charge in [0.2, 0.25) is 6.79 Å². The fraction of sp³-hybridized carbons (Fsp3) is 0.607. The first kappa shape index (κ1) is 24.3. The molecule has 0 radical (unpaired) electrons. The van der Waals surface area contributed by atoms with Crippen molar-refractivity contribution in [1.82, 2.24) is 4.90 Å². The predicted molar refractivity (Wildman–Crippen MR) is 131 cm³/mol. The number of nitrogens with zero attached hydrogens (tertiary/aromatic N) is 1. The Hall–Kier alpha value is -2.35. The minimum atomic E-state index is -1.81. The molecule has 1 saturated heterocycles. The van der Waals surface area contributed by atoms with E-state index in [1.165, 1.54) is 11.6 Å². The Labute approximate surface area is 207 Å². The summed E-state index contributed by atoms with van der Waals surface area (Å²) < 4.78 is 17.5. The molecule has 5 rings (SSSR count). The van der Waals surface area contributed by atoms with Gasteiger partial charge in [0.15, 0.2) is 17.1 Å². The topological polar surface area (TPSA) is 88.5 Å². The van der Waals surface area contributed by atoms with Gasteiger partial charge in [0.1, 0.15) is 6.10 Å². The molecule has 3 heterocycles. The molecule has 1 aromatic carbocycles. The van der Waals surface area contributed by atoms with E-state index in [1.807, 2.05) is 6.92 Å². The summed E-state index contributed by atoms with van der Waals surface area (Å²) in [5, 5.41) is 21.2. The lowest BCUT2D eigenvalue weighted by Gasteiger charge is -2.40. The molecule has 1 spiro atoms. The number of hydrogen-bond acceptors (Lipinski definition) is 7. The molecule has 1 aromatic rings. The summed E-state index contributed by atoms with van der Waals surface area (Å²) in [6, 6.07) is 4.15. The van der Waals surface area contributed by atoms with Gasteiger partial charge in [-0.1, -0.05) is 12.7 Å². The van der Waals surface area contributed by atoms with Crippen molar-refractivity contribution >= 4 is 5.97 Å². The molecule has 4 aliphatic rings. The van der Waals surface area contributed by atoms with E-state index >= 15 is 0 Å². The van der Waals surface area contributed by atoms with Crippen LogP contribution in [-0.4, -0.2) is 63.8 Å². The van der Waals surface area contributed by atoms with Gasteiger partial charge >= 0.3 is 5.97 Å². The summed E-state index contributed by atoms with van der Waals surface area (Å²) in [5.74, 6) is 0.721. The summed E-state index contributed by atoms with van der Waals surface area (Å²) in [5.41, 5.74) is 0.435. The first-order chi connectivity index (χ1) is 16.6. The molecule has 190 valence electrons. The molecule has 0 saturated carbocycles. The van der Waals surface area contributed by atoms with E-state index < -0.39 is 23.3 Å². The number of carbonyl (C=O) groups is 1. The van der Waals surface area contributed by atoms with Crippen LogP contribution in [0.3, 0.4) is 0 Å². The van der Waals surface area contributed by atoms with Crippen LogP contribution < -0.4 is 9.47 Å². The minimum Gasteiger partial charge on any atom is -0.455 e. The maximum atomic E-state index is 13.4. The molecule has 4 atom stereocenters. The Kier molecular flexibility index (Phi) is 6.01. The highest BCUT2D eigenvalue weighted by molar-refractivity contribution is 5.82. The molecule has 0 amide bonds. The first-order valence-electron chi connectivity index (χ1n) is 12.7. The van der Waals surface area contributed by atoms with Gasteiger partial charge in [0, 0.05) is 12.5 Å². The van der Waals surface area contributed by atoms with Crippen molar-refractivity contribution in [2.75, 3.05) is 19.9 Å². The number of benzene rings is 1. The van der Waals surface area contributed by atoms with Crippen molar-refractivity contribution in [3.8, 4) is 11.5 Å². The average molecular weight is 484 g/mol. The zero-order valence-electron chi connectivity index (χ0n) is 21.0. The van der Waals surface area contributed by atoms with Crippen molar-refractivity contribution < 1.29 is 29.2 Å². The van der Waals surface area contributed by atoms with Gasteiger partial charge in [-0.3, -0.25) is 4.90 Å². The maximum absolute atomic E-state index is 13.4. The van der Waals surface area contributed by atoms with Crippen molar-refractivity contribution in [3.63, 3.8) is 0 Å². The van der Waals surface area contributed by atoms with Gasteiger partial charge in [0.25, 0.3) is 0 Å². The Morgan fingerprint density at radius 3 is 2.71 bits per heavy atom. The molecule has 3 aliphatic heterocycles. The molecule has 7 heteroatoms. The molecule has 2 unspecified atom stereocenters. The van der Waals surface area contributed by atoms with E-state index in [0.29, 0.717) is 12.8 Å². The van der Waals surface area contributed by atoms with Crippen LogP contribution in [0.15, 0.2) is 36.4 Å². The zero-order valence-corrected chi connectivity index (χ0v) is 21.0. The highest BCUT2D eigenvalue weighted by atomic mass is 16.7. The normalized spacial score (nSPS) is 28.9. The molecular weight excluding hydrogens is 446 g/mol. The van der Waals surface area contributed by atoms with Crippen molar-refractivity contribution in [2.24, 2.45) is 0 Å². The summed E-state index contributed by atoms with van der Waals surface area (Å²) in [4.78, 5) is 15.9. The molecular formula is C28H37NO6. The van der Waals surface area contributed by atoms with Crippen molar-refractivity contribution in [3.05, 3.63) is 47.6 Å². The van der Waals surface area contributed by atoms with Crippen LogP contribution in [0.5, 0.6) is 11.5 Å². The van der Waals surface area contributed by atoms with Gasteiger partial charge in [0.05, 0.1) is 11.1 Å². The van der Waals surface area contributed by atoms with Crippen molar-refractivity contribution in [1.29, 1.82) is 0 Å². The Balaban J connectivity index is 1.47. The molecule has 1 fully saturated rings. The highest BCUT2D eigenvalue weighted by Gasteiger charge is 2.57. The lowest BCUT2D eigenvalue weighted by atomic mass is 9.77. The zero-order chi connectivity index (χ0) is 25.0. The van der Waals surface area contributed by atoms with Gasteiger partial charge in [-0.05, 0) is 101 Å². The summed E-state index contributed by atoms with van der Waals surface area (Å²) in [7, 11) is 0. The smallest absolute Gasteiger partial charge is 0.342 e. The average Bonchev–Trinajstić information content (AvgIpc) is 3.46. The van der Waals surface area contributed by atoms with E-state index in [2.05, 4.69) is 29.7 Å². The summed E-state index contributed by atoms with van der Waals surface area (Å²) in [6.07, 6.45) is 7.11. The Morgan fingerprint density at radius 2 is 2.00 bits per heavy atom. The lowest BCUT2D eigenvalue weighted by molar-refractivity contribution is -0.166. The molecule has 0 aromatic heterocycles. The summed E-state index contributed by atoms with van der Waals surface area (Å²) in [6.45, 7) is 11.3. The third kappa shape index (κ3) is 4.17. The van der Waals surface area contributed by atoms with Crippen LogP contribution >= 0.6 is 0 Å². The second-order valence-electron chi connectivity index (χ2n) is 11.2. The monoisotopic (exact) mass is 483 g/mol. The minimum absolute atomic E-state index is 0.0913. The number of rotatable bonds is 7. The third-order valence-electron chi connectivity index (χ3n) is 8.25. The lowest BCUT2D eigenvalue weighted by Crippen LogP contribution is -2.48. The van der Waals surface area contributed by atoms with Crippen LogP contribution in [0.1, 0.15) is 69.9 Å². The van der Waals surface area contributed by atoms with Crippen LogP contribution in [0.4, 0.5) is 0 Å². The predicted octanol–water partition coefficient (Wildman–Crippen LogP) is 3.62. The van der Waals surface area contributed by atoms with Crippen LogP contribution in [-0.2, 0) is 16.0 Å². The van der Waals surface area contributed by atoms with E-state index in [0.717, 1.165) is 55.0 Å². The van der Waals surface area contributed by atoms with E-state index in [-0.39, 0.29) is 24.7 Å². The maximum Gasteiger partial charge on any atom is 0.342 e. The van der Waals surface area contributed by atoms with Gasteiger partial charge in [-0.25, -0.2) is 4.79 Å². The van der Waals surface area contributed by atoms with Gasteiger partial charge < -0.3 is 24.4 Å². The van der Waals surface area contributed by atoms with E-state index in [9.17, 15) is 15.0 Å². The number of ether oxygens (including phenoxy) is 3. The molecule has 0 bridgehead atoms. The SMILES string of the molecule is C=CC(O)(CCCC(C)(C)O)C(=O)OC1C(C)=C[C@]23CCCN2CCc2cc4c(cc2[C@H]13)OCO4. The molecule has 7 nitrogen and oxygen atoms in total. The second kappa shape index (κ2) is 8.64. The number of carbonyl (C=O) groups excluding carboxylic acids is 1. The van der Waals surface area contributed by atoms with Crippen LogP contribution in [0.25, 0.3) is 0 Å². The first-order valence-corrected chi connectivity index (χ1v) is 12.7. The summed E-state index contributed by atoms with van der Waals surface area (Å²) >= 11 is 0. The van der Waals surface area contributed by atoms with Gasteiger partial charge in [-0.2, -0.15) is 0 Å². The molecule has 35 heavy (non-hydrogen) atoms. The largest absolute Gasteiger partial charge is 0.455 e. The van der Waals surface area contributed by atoms with Crippen molar-refractivity contribution in [2.45, 2.75) is 88.1 Å². The Morgan fingerprint density at radius 1 is 1.26 bits per heavy atom. The molecule has 1 aliphatic carbocycles. The number of aliphatic hydroxyl groups is 2. The number of hydrogen-bond donors (Lipinski definition) is 2. The second-order valence-corrected chi connectivity index (χ2v) is 11.2. The number of esters is 1. The quantitative estimate of drug-likeness (QED) is 0.452. The van der Waals surface area contributed by atoms with Gasteiger partial charge in [-0.15, -0.1) is 0 Å². The Bertz CT molecular complexity index is 1060. The fourth-order valence-electron chi connectivity index (χ4n) is 6.50. The fourth-order valence-corrected chi connectivity index (χ4v) is 6.50. The third-order valence-corrected chi connectivity index (χ3v) is 8.25. The standard InChI is InChI=1S/C28H37NO6/c1-5-28(32,11-6-9-26(3,4)31)25(30)35-24-18(2)16-27-10-7-12-29(27)13-8-19-14-21-22(34-17-33-21)15-20(19)23(24)27/h5,14-16,23-24,31-32H,1,6-13,17H2,2-4H3/t23-,24?,27+,28?/m1/s1. The van der Waals surface area contributed by atoms with Crippen LogP contribution in [0, 0.1) is 0 Å². The van der Waals surface area contributed by atoms with E-state index in [1.54, 1.807) is 13.8 Å². The number of fused-ring (bicyclic) bond motifs is 3.